The molecule has 0 saturated heterocycles. The average Bonchev–Trinajstić information content (AvgIpc) is 2.89. The van der Waals surface area contributed by atoms with E-state index in [1.165, 1.54) is 0 Å². The Kier molecular flexibility index (Phi) is 5.23. The molecule has 0 spiro atoms. The van der Waals surface area contributed by atoms with Crippen LogP contribution in [0, 0.1) is 6.92 Å². The van der Waals surface area contributed by atoms with E-state index >= 15 is 0 Å². The van der Waals surface area contributed by atoms with Gasteiger partial charge in [-0.2, -0.15) is 5.10 Å². The first-order chi connectivity index (χ1) is 11.5. The number of nitrogens with zero attached hydrogens (tertiary/aromatic N) is 4. The molecule has 3 rings (SSSR count). The third-order valence-corrected chi connectivity index (χ3v) is 5.08. The van der Waals surface area contributed by atoms with Gasteiger partial charge in [-0.3, -0.25) is 0 Å². The summed E-state index contributed by atoms with van der Waals surface area (Å²) in [5, 5.41) is 14.5. The molecule has 130 valence electrons. The Balaban J connectivity index is 1.94. The molecule has 0 amide bonds. The van der Waals surface area contributed by atoms with Crippen LogP contribution in [0.25, 0.3) is 5.69 Å². The molecule has 0 atom stereocenters. The smallest absolute Gasteiger partial charge is 0.151 e. The number of aryl methyl sites for hydroxylation is 2. The van der Waals surface area contributed by atoms with E-state index in [-0.39, 0.29) is 6.61 Å². The fourth-order valence-electron chi connectivity index (χ4n) is 3.18. The third-order valence-electron chi connectivity index (χ3n) is 4.84. The van der Waals surface area contributed by atoms with Gasteiger partial charge in [0.1, 0.15) is 5.82 Å². The van der Waals surface area contributed by atoms with Crippen molar-refractivity contribution >= 4 is 11.6 Å². The van der Waals surface area contributed by atoms with Crippen LogP contribution in [0.15, 0.2) is 18.2 Å². The van der Waals surface area contributed by atoms with E-state index < -0.39 is 0 Å². The molecule has 1 saturated carbocycles. The second-order valence-corrected chi connectivity index (χ2v) is 7.28. The van der Waals surface area contributed by atoms with Crippen molar-refractivity contribution in [2.24, 2.45) is 0 Å². The van der Waals surface area contributed by atoms with E-state index in [1.54, 1.807) is 0 Å². The summed E-state index contributed by atoms with van der Waals surface area (Å²) in [5.41, 5.74) is 2.12. The maximum atomic E-state index is 9.08. The number of benzene rings is 1. The van der Waals surface area contributed by atoms with Crippen LogP contribution < -0.4 is 0 Å². The van der Waals surface area contributed by atoms with Crippen LogP contribution in [0.1, 0.15) is 42.4 Å². The fourth-order valence-corrected chi connectivity index (χ4v) is 3.35. The van der Waals surface area contributed by atoms with Crippen molar-refractivity contribution in [1.82, 2.24) is 19.7 Å². The third kappa shape index (κ3) is 3.48. The lowest BCUT2D eigenvalue weighted by Gasteiger charge is -2.39. The van der Waals surface area contributed by atoms with Gasteiger partial charge in [-0.05, 0) is 58.0 Å². The standard InChI is InChI=1S/C18H25ClN4O/c1-12-6-7-14(19)11-16(12)23-18(13-9-15(10-13)22(2)3)20-17(21-23)5-4-8-24/h6-7,11,13,15,24H,4-5,8-10H2,1-3H3. The van der Waals surface area contributed by atoms with Crippen molar-refractivity contribution in [1.29, 1.82) is 0 Å². The predicted molar refractivity (Wildman–Crippen MR) is 96.0 cm³/mol. The highest BCUT2D eigenvalue weighted by Crippen LogP contribution is 2.39. The first-order valence-corrected chi connectivity index (χ1v) is 8.87. The van der Waals surface area contributed by atoms with Crippen LogP contribution >= 0.6 is 11.6 Å². The van der Waals surface area contributed by atoms with E-state index in [9.17, 15) is 0 Å². The quantitative estimate of drug-likeness (QED) is 0.872. The molecule has 1 aromatic carbocycles. The number of hydrogen-bond acceptors (Lipinski definition) is 4. The zero-order valence-electron chi connectivity index (χ0n) is 14.5. The molecule has 1 fully saturated rings. The molecule has 6 heteroatoms. The summed E-state index contributed by atoms with van der Waals surface area (Å²) < 4.78 is 1.96. The number of halogens is 1. The molecule has 5 nitrogen and oxygen atoms in total. The molecule has 0 aliphatic heterocycles. The van der Waals surface area contributed by atoms with E-state index in [2.05, 4.69) is 25.9 Å². The highest BCUT2D eigenvalue weighted by Gasteiger charge is 2.35. The second-order valence-electron chi connectivity index (χ2n) is 6.84. The van der Waals surface area contributed by atoms with Gasteiger partial charge in [0.15, 0.2) is 5.82 Å². The van der Waals surface area contributed by atoms with Crippen molar-refractivity contribution in [2.45, 2.75) is 44.6 Å². The van der Waals surface area contributed by atoms with Gasteiger partial charge in [-0.15, -0.1) is 0 Å². The lowest BCUT2D eigenvalue weighted by molar-refractivity contribution is 0.160. The summed E-state index contributed by atoms with van der Waals surface area (Å²) in [6.07, 6.45) is 3.58. The van der Waals surface area contributed by atoms with Crippen molar-refractivity contribution in [2.75, 3.05) is 20.7 Å². The summed E-state index contributed by atoms with van der Waals surface area (Å²) >= 11 is 6.20. The number of aliphatic hydroxyl groups excluding tert-OH is 1. The molecule has 0 radical (unpaired) electrons. The molecule has 2 aromatic rings. The van der Waals surface area contributed by atoms with Gasteiger partial charge in [0.2, 0.25) is 0 Å². The molecular formula is C18H25ClN4O. The van der Waals surface area contributed by atoms with E-state index in [1.807, 2.05) is 22.9 Å². The Hall–Kier alpha value is -1.43. The maximum Gasteiger partial charge on any atom is 0.151 e. The predicted octanol–water partition coefficient (Wildman–Crippen LogP) is 2.96. The molecule has 1 heterocycles. The zero-order valence-corrected chi connectivity index (χ0v) is 15.3. The van der Waals surface area contributed by atoms with Gasteiger partial charge in [-0.1, -0.05) is 17.7 Å². The second kappa shape index (κ2) is 7.21. The van der Waals surface area contributed by atoms with E-state index in [4.69, 9.17) is 26.8 Å². The van der Waals surface area contributed by atoms with Crippen LogP contribution in [0.3, 0.4) is 0 Å². The topological polar surface area (TPSA) is 54.2 Å². The molecule has 0 unspecified atom stereocenters. The Morgan fingerprint density at radius 2 is 2.08 bits per heavy atom. The molecule has 1 aliphatic rings. The van der Waals surface area contributed by atoms with Crippen LogP contribution in [0.2, 0.25) is 5.02 Å². The van der Waals surface area contributed by atoms with E-state index in [0.29, 0.717) is 29.8 Å². The number of aliphatic hydroxyl groups is 1. The Bertz CT molecular complexity index is 707. The minimum atomic E-state index is 0.159. The number of rotatable bonds is 6. The molecule has 0 bridgehead atoms. The zero-order chi connectivity index (χ0) is 17.3. The Morgan fingerprint density at radius 3 is 2.75 bits per heavy atom. The van der Waals surface area contributed by atoms with Crippen LogP contribution in [0.4, 0.5) is 0 Å². The van der Waals surface area contributed by atoms with Crippen molar-refractivity contribution in [3.05, 3.63) is 40.4 Å². The summed E-state index contributed by atoms with van der Waals surface area (Å²) in [5.74, 6) is 2.24. The molecule has 1 aliphatic carbocycles. The van der Waals surface area contributed by atoms with Gasteiger partial charge in [-0.25, -0.2) is 9.67 Å². The lowest BCUT2D eigenvalue weighted by Crippen LogP contribution is -2.40. The Labute approximate surface area is 148 Å². The van der Waals surface area contributed by atoms with Crippen molar-refractivity contribution in [3.63, 3.8) is 0 Å². The molecule has 1 N–H and O–H groups in total. The molecule has 1 aromatic heterocycles. The summed E-state index contributed by atoms with van der Waals surface area (Å²) in [7, 11) is 4.25. The lowest BCUT2D eigenvalue weighted by atomic mass is 9.79. The monoisotopic (exact) mass is 348 g/mol. The van der Waals surface area contributed by atoms with Gasteiger partial charge in [0.25, 0.3) is 0 Å². The number of aromatic nitrogens is 3. The van der Waals surface area contributed by atoms with Crippen LogP contribution in [0.5, 0.6) is 0 Å². The van der Waals surface area contributed by atoms with Crippen LogP contribution in [-0.2, 0) is 6.42 Å². The first-order valence-electron chi connectivity index (χ1n) is 8.49. The fraction of sp³-hybridized carbons (Fsp3) is 0.556. The Morgan fingerprint density at radius 1 is 1.33 bits per heavy atom. The normalized spacial score (nSPS) is 20.4. The minimum Gasteiger partial charge on any atom is -0.396 e. The average molecular weight is 349 g/mol. The van der Waals surface area contributed by atoms with Gasteiger partial charge < -0.3 is 10.0 Å². The summed E-state index contributed by atoms with van der Waals surface area (Å²) in [6.45, 7) is 2.22. The van der Waals surface area contributed by atoms with Gasteiger partial charge in [0.05, 0.1) is 5.69 Å². The van der Waals surface area contributed by atoms with Crippen molar-refractivity contribution < 1.29 is 5.11 Å². The maximum absolute atomic E-state index is 9.08. The molecule has 24 heavy (non-hydrogen) atoms. The summed E-state index contributed by atoms with van der Waals surface area (Å²) in [6, 6.07) is 6.48. The molecular weight excluding hydrogens is 324 g/mol. The highest BCUT2D eigenvalue weighted by atomic mass is 35.5. The largest absolute Gasteiger partial charge is 0.396 e. The minimum absolute atomic E-state index is 0.159. The SMILES string of the molecule is Cc1ccc(Cl)cc1-n1nc(CCCO)nc1C1CC(N(C)C)C1. The van der Waals surface area contributed by atoms with Gasteiger partial charge >= 0.3 is 0 Å². The number of hydrogen-bond donors (Lipinski definition) is 1. The van der Waals surface area contributed by atoms with Gasteiger partial charge in [0, 0.05) is 30.0 Å². The van der Waals surface area contributed by atoms with Crippen LogP contribution in [-0.4, -0.2) is 51.5 Å². The van der Waals surface area contributed by atoms with E-state index in [0.717, 1.165) is 35.7 Å². The van der Waals surface area contributed by atoms with Crippen molar-refractivity contribution in [3.8, 4) is 5.69 Å². The highest BCUT2D eigenvalue weighted by molar-refractivity contribution is 6.30. The summed E-state index contributed by atoms with van der Waals surface area (Å²) in [4.78, 5) is 7.06. The first kappa shape index (κ1) is 17.4.